The fourth-order valence-corrected chi connectivity index (χ4v) is 5.07. The molecule has 0 amide bonds. The predicted octanol–water partition coefficient (Wildman–Crippen LogP) is 2.62. The van der Waals surface area contributed by atoms with Gasteiger partial charge in [-0.05, 0) is 63.9 Å². The van der Waals surface area contributed by atoms with Crippen molar-refractivity contribution in [1.29, 1.82) is 0 Å². The summed E-state index contributed by atoms with van der Waals surface area (Å²) in [6.45, 7) is 1.53. The number of anilines is 1. The van der Waals surface area contributed by atoms with Gasteiger partial charge in [0.25, 0.3) is 0 Å². The Kier molecular flexibility index (Phi) is 7.01. The van der Waals surface area contributed by atoms with E-state index in [0.717, 1.165) is 13.0 Å². The van der Waals surface area contributed by atoms with Crippen LogP contribution in [0.4, 0.5) is 10.1 Å². The number of hydrogen-bond donors (Lipinski definition) is 1. The van der Waals surface area contributed by atoms with Gasteiger partial charge in [-0.15, -0.1) is 0 Å². The summed E-state index contributed by atoms with van der Waals surface area (Å²) in [6, 6.07) is 4.15. The van der Waals surface area contributed by atoms with E-state index in [1.54, 1.807) is 6.07 Å². The van der Waals surface area contributed by atoms with E-state index in [0.29, 0.717) is 23.8 Å². The van der Waals surface area contributed by atoms with Gasteiger partial charge in [-0.3, -0.25) is 0 Å². The van der Waals surface area contributed by atoms with Crippen LogP contribution in [-0.2, 0) is 9.84 Å². The van der Waals surface area contributed by atoms with Crippen LogP contribution in [0.2, 0.25) is 5.02 Å². The van der Waals surface area contributed by atoms with Crippen molar-refractivity contribution in [2.24, 2.45) is 0 Å². The SMILES string of the molecule is CN(C)CCCN(C(=S)Nc1ccc(F)c(Cl)c1)[C@H]1CCS(=O)(=O)C1. The third kappa shape index (κ3) is 6.06. The molecule has 1 heterocycles. The maximum Gasteiger partial charge on any atom is 0.173 e. The molecular formula is C16H23ClFN3O2S2. The zero-order chi connectivity index (χ0) is 18.6. The summed E-state index contributed by atoms with van der Waals surface area (Å²) in [4.78, 5) is 4.00. The molecule has 1 atom stereocenters. The molecule has 25 heavy (non-hydrogen) atoms. The minimum absolute atomic E-state index is 0.00963. The smallest absolute Gasteiger partial charge is 0.173 e. The minimum atomic E-state index is -3.01. The first-order valence-corrected chi connectivity index (χ1v) is 10.7. The molecule has 2 rings (SSSR count). The number of sulfone groups is 1. The lowest BCUT2D eigenvalue weighted by Crippen LogP contribution is -2.44. The molecule has 1 aromatic carbocycles. The molecule has 140 valence electrons. The third-order valence-corrected chi connectivity index (χ3v) is 6.46. The van der Waals surface area contributed by atoms with E-state index in [9.17, 15) is 12.8 Å². The van der Waals surface area contributed by atoms with E-state index in [4.69, 9.17) is 23.8 Å². The minimum Gasteiger partial charge on any atom is -0.345 e. The van der Waals surface area contributed by atoms with Crippen molar-refractivity contribution < 1.29 is 12.8 Å². The number of nitrogens with one attached hydrogen (secondary N) is 1. The summed E-state index contributed by atoms with van der Waals surface area (Å²) >= 11 is 11.3. The van der Waals surface area contributed by atoms with Gasteiger partial charge < -0.3 is 15.1 Å². The second-order valence-electron chi connectivity index (χ2n) is 6.47. The molecule has 0 unspecified atom stereocenters. The number of thiocarbonyl (C=S) groups is 1. The van der Waals surface area contributed by atoms with Crippen LogP contribution in [0.1, 0.15) is 12.8 Å². The molecule has 9 heteroatoms. The average molecular weight is 408 g/mol. The second kappa shape index (κ2) is 8.62. The van der Waals surface area contributed by atoms with Gasteiger partial charge in [-0.1, -0.05) is 11.6 Å². The van der Waals surface area contributed by atoms with Crippen LogP contribution in [-0.4, -0.2) is 68.1 Å². The molecule has 0 aliphatic carbocycles. The maximum atomic E-state index is 13.3. The van der Waals surface area contributed by atoms with Gasteiger partial charge in [0, 0.05) is 18.3 Å². The molecule has 0 aromatic heterocycles. The van der Waals surface area contributed by atoms with Crippen LogP contribution in [0.25, 0.3) is 0 Å². The molecule has 1 N–H and O–H groups in total. The summed E-state index contributed by atoms with van der Waals surface area (Å²) in [5.41, 5.74) is 0.579. The topological polar surface area (TPSA) is 52.6 Å². The quantitative estimate of drug-likeness (QED) is 0.731. The normalized spacial score (nSPS) is 19.2. The first-order valence-electron chi connectivity index (χ1n) is 8.06. The van der Waals surface area contributed by atoms with Crippen LogP contribution in [0, 0.1) is 5.82 Å². The van der Waals surface area contributed by atoms with Gasteiger partial charge >= 0.3 is 0 Å². The lowest BCUT2D eigenvalue weighted by Gasteiger charge is -2.31. The van der Waals surface area contributed by atoms with Crippen molar-refractivity contribution in [3.05, 3.63) is 29.0 Å². The fourth-order valence-electron chi connectivity index (χ4n) is 2.80. The van der Waals surface area contributed by atoms with Crippen molar-refractivity contribution in [2.75, 3.05) is 44.0 Å². The summed E-state index contributed by atoms with van der Waals surface area (Å²) in [5, 5.41) is 3.49. The number of halogens is 2. The Morgan fingerprint density at radius 2 is 2.12 bits per heavy atom. The molecule has 1 aromatic rings. The molecule has 0 saturated carbocycles. The average Bonchev–Trinajstić information content (AvgIpc) is 2.87. The predicted molar refractivity (Wildman–Crippen MR) is 105 cm³/mol. The zero-order valence-corrected chi connectivity index (χ0v) is 16.7. The van der Waals surface area contributed by atoms with Crippen LogP contribution >= 0.6 is 23.8 Å². The van der Waals surface area contributed by atoms with Gasteiger partial charge in [0.15, 0.2) is 14.9 Å². The Morgan fingerprint density at radius 3 is 2.68 bits per heavy atom. The monoisotopic (exact) mass is 407 g/mol. The highest BCUT2D eigenvalue weighted by Crippen LogP contribution is 2.22. The highest BCUT2D eigenvalue weighted by atomic mass is 35.5. The first-order chi connectivity index (χ1) is 11.7. The molecule has 0 radical (unpaired) electrons. The van der Waals surface area contributed by atoms with Gasteiger partial charge in [0.1, 0.15) is 5.82 Å². The van der Waals surface area contributed by atoms with Crippen molar-refractivity contribution in [1.82, 2.24) is 9.80 Å². The van der Waals surface area contributed by atoms with Crippen LogP contribution in [0.15, 0.2) is 18.2 Å². The number of hydrogen-bond acceptors (Lipinski definition) is 4. The van der Waals surface area contributed by atoms with Crippen LogP contribution in [0.5, 0.6) is 0 Å². The van der Waals surface area contributed by atoms with Gasteiger partial charge in [-0.2, -0.15) is 0 Å². The standard InChI is InChI=1S/C16H23ClFN3O2S2/c1-20(2)7-3-8-21(13-6-9-25(22,23)11-13)16(24)19-12-4-5-15(18)14(17)10-12/h4-5,10,13H,3,6-9,11H2,1-2H3,(H,19,24)/t13-/m0/s1. The lowest BCUT2D eigenvalue weighted by molar-refractivity contribution is 0.306. The Hall–Kier alpha value is -0.960. The van der Waals surface area contributed by atoms with E-state index in [1.165, 1.54) is 12.1 Å². The van der Waals surface area contributed by atoms with Gasteiger partial charge in [0.05, 0.1) is 16.5 Å². The van der Waals surface area contributed by atoms with E-state index in [1.807, 2.05) is 19.0 Å². The number of benzene rings is 1. The molecular weight excluding hydrogens is 385 g/mol. The maximum absolute atomic E-state index is 13.3. The Balaban J connectivity index is 2.09. The van der Waals surface area contributed by atoms with E-state index < -0.39 is 15.7 Å². The molecule has 1 aliphatic rings. The third-order valence-electron chi connectivity index (χ3n) is 4.09. The summed E-state index contributed by atoms with van der Waals surface area (Å²) < 4.78 is 37.0. The van der Waals surface area contributed by atoms with Crippen molar-refractivity contribution >= 4 is 44.5 Å². The molecule has 0 bridgehead atoms. The van der Waals surface area contributed by atoms with E-state index >= 15 is 0 Å². The zero-order valence-electron chi connectivity index (χ0n) is 14.3. The molecule has 5 nitrogen and oxygen atoms in total. The number of rotatable bonds is 6. The van der Waals surface area contributed by atoms with Gasteiger partial charge in [0.2, 0.25) is 0 Å². The Morgan fingerprint density at radius 1 is 1.40 bits per heavy atom. The summed E-state index contributed by atoms with van der Waals surface area (Å²) in [7, 11) is 0.964. The number of nitrogens with zero attached hydrogens (tertiary/aromatic N) is 2. The van der Waals surface area contributed by atoms with Crippen LogP contribution < -0.4 is 5.32 Å². The first kappa shape index (κ1) is 20.4. The van der Waals surface area contributed by atoms with Gasteiger partial charge in [-0.25, -0.2) is 12.8 Å². The van der Waals surface area contributed by atoms with E-state index in [-0.39, 0.29) is 22.6 Å². The van der Waals surface area contributed by atoms with Crippen molar-refractivity contribution in [3.63, 3.8) is 0 Å². The van der Waals surface area contributed by atoms with Crippen molar-refractivity contribution in [2.45, 2.75) is 18.9 Å². The summed E-state index contributed by atoms with van der Waals surface area (Å²) in [6.07, 6.45) is 1.42. The largest absolute Gasteiger partial charge is 0.345 e. The lowest BCUT2D eigenvalue weighted by atomic mass is 10.2. The second-order valence-corrected chi connectivity index (χ2v) is 9.49. The highest BCUT2D eigenvalue weighted by molar-refractivity contribution is 7.91. The summed E-state index contributed by atoms with van der Waals surface area (Å²) in [5.74, 6) is -0.198. The van der Waals surface area contributed by atoms with Crippen molar-refractivity contribution in [3.8, 4) is 0 Å². The molecule has 0 spiro atoms. The fraction of sp³-hybridized carbons (Fsp3) is 0.562. The Labute approximate surface area is 159 Å². The van der Waals surface area contributed by atoms with Crippen LogP contribution in [0.3, 0.4) is 0 Å². The molecule has 1 aliphatic heterocycles. The van der Waals surface area contributed by atoms with E-state index in [2.05, 4.69) is 10.2 Å². The Bertz CT molecular complexity index is 728. The highest BCUT2D eigenvalue weighted by Gasteiger charge is 2.33. The molecule has 1 saturated heterocycles. The molecule has 1 fully saturated rings.